The first kappa shape index (κ1) is 20.4. The smallest absolute Gasteiger partial charge is 0.00258 e. The molecule has 31 heavy (non-hydrogen) atoms. The summed E-state index contributed by atoms with van der Waals surface area (Å²) >= 11 is 0. The fourth-order valence-electron chi connectivity index (χ4n) is 3.54. The van der Waals surface area contributed by atoms with E-state index < -0.39 is 0 Å². The molecule has 150 valence electrons. The highest BCUT2D eigenvalue weighted by atomic mass is 14.0. The van der Waals surface area contributed by atoms with Crippen molar-refractivity contribution in [1.29, 1.82) is 0 Å². The Kier molecular flexibility index (Phi) is 7.07. The van der Waals surface area contributed by atoms with Crippen LogP contribution in [0, 0.1) is 0 Å². The average molecular weight is 399 g/mol. The third-order valence-electron chi connectivity index (χ3n) is 5.19. The summed E-state index contributed by atoms with van der Waals surface area (Å²) in [7, 11) is 0. The van der Waals surface area contributed by atoms with Gasteiger partial charge in [0.05, 0.1) is 0 Å². The van der Waals surface area contributed by atoms with Gasteiger partial charge >= 0.3 is 0 Å². The molecule has 0 heteroatoms. The summed E-state index contributed by atoms with van der Waals surface area (Å²) < 4.78 is 0. The highest BCUT2D eigenvalue weighted by Crippen LogP contribution is 2.24. The summed E-state index contributed by atoms with van der Waals surface area (Å²) in [6.45, 7) is 0. The molecule has 5 aromatic rings. The summed E-state index contributed by atoms with van der Waals surface area (Å²) in [4.78, 5) is 0. The van der Waals surface area contributed by atoms with Gasteiger partial charge in [-0.1, -0.05) is 146 Å². The molecule has 0 spiro atoms. The highest BCUT2D eigenvalue weighted by molar-refractivity contribution is 5.70. The minimum absolute atomic E-state index is 1.03. The molecule has 0 aliphatic carbocycles. The van der Waals surface area contributed by atoms with Crippen LogP contribution in [0.5, 0.6) is 0 Å². The maximum Gasteiger partial charge on any atom is -0.00258 e. The molecule has 0 unspecified atom stereocenters. The van der Waals surface area contributed by atoms with E-state index in [4.69, 9.17) is 0 Å². The predicted octanol–water partition coefficient (Wildman–Crippen LogP) is 8.30. The van der Waals surface area contributed by atoms with Crippen LogP contribution in [-0.4, -0.2) is 0 Å². The fourth-order valence-corrected chi connectivity index (χ4v) is 3.54. The SMILES string of the molecule is c1ccc(-c2ccc(-c3ccccc3)cc2)cc1.c1ccc(Cc2ccccc2)cc1. The van der Waals surface area contributed by atoms with Crippen LogP contribution >= 0.6 is 0 Å². The lowest BCUT2D eigenvalue weighted by molar-refractivity contribution is 1.19. The number of benzene rings is 5. The first-order valence-electron chi connectivity index (χ1n) is 10.7. The molecule has 0 atom stereocenters. The van der Waals surface area contributed by atoms with Crippen LogP contribution in [0.3, 0.4) is 0 Å². The minimum atomic E-state index is 1.03. The van der Waals surface area contributed by atoms with Crippen LogP contribution in [0.4, 0.5) is 0 Å². The van der Waals surface area contributed by atoms with Crippen molar-refractivity contribution >= 4 is 0 Å². The van der Waals surface area contributed by atoms with Gasteiger partial charge in [-0.3, -0.25) is 0 Å². The maximum absolute atomic E-state index is 2.18. The zero-order chi connectivity index (χ0) is 21.1. The fraction of sp³-hybridized carbons (Fsp3) is 0.0323. The lowest BCUT2D eigenvalue weighted by Crippen LogP contribution is -1.85. The second-order valence-electron chi connectivity index (χ2n) is 7.46. The summed E-state index contributed by atoms with van der Waals surface area (Å²) in [5, 5.41) is 0. The Labute approximate surface area is 185 Å². The van der Waals surface area contributed by atoms with Crippen LogP contribution < -0.4 is 0 Å². The van der Waals surface area contributed by atoms with Crippen molar-refractivity contribution in [2.45, 2.75) is 6.42 Å². The molecule has 0 saturated heterocycles. The molecule has 0 aliphatic heterocycles. The van der Waals surface area contributed by atoms with Crippen molar-refractivity contribution in [3.63, 3.8) is 0 Å². The van der Waals surface area contributed by atoms with Gasteiger partial charge in [0, 0.05) is 0 Å². The molecule has 0 saturated carbocycles. The Balaban J connectivity index is 0.000000158. The van der Waals surface area contributed by atoms with E-state index >= 15 is 0 Å². The molecule has 0 nitrogen and oxygen atoms in total. The molecule has 0 fully saturated rings. The Morgan fingerprint density at radius 1 is 0.258 bits per heavy atom. The van der Waals surface area contributed by atoms with Gasteiger partial charge in [-0.15, -0.1) is 0 Å². The monoisotopic (exact) mass is 398 g/mol. The van der Waals surface area contributed by atoms with E-state index in [9.17, 15) is 0 Å². The molecular weight excluding hydrogens is 372 g/mol. The minimum Gasteiger partial charge on any atom is -0.0622 e. The third-order valence-corrected chi connectivity index (χ3v) is 5.19. The lowest BCUT2D eigenvalue weighted by atomic mass is 10.0. The Morgan fingerprint density at radius 3 is 0.839 bits per heavy atom. The van der Waals surface area contributed by atoms with E-state index in [-0.39, 0.29) is 0 Å². The van der Waals surface area contributed by atoms with Crippen molar-refractivity contribution in [1.82, 2.24) is 0 Å². The molecule has 0 radical (unpaired) electrons. The molecule has 0 bridgehead atoms. The average Bonchev–Trinajstić information content (AvgIpc) is 2.87. The van der Waals surface area contributed by atoms with E-state index in [2.05, 4.69) is 133 Å². The van der Waals surface area contributed by atoms with Crippen molar-refractivity contribution in [2.24, 2.45) is 0 Å². The summed E-state index contributed by atoms with van der Waals surface area (Å²) in [6, 6.07) is 50.7. The Bertz CT molecular complexity index is 1050. The quantitative estimate of drug-likeness (QED) is 0.285. The second kappa shape index (κ2) is 10.8. The van der Waals surface area contributed by atoms with Gasteiger partial charge in [-0.2, -0.15) is 0 Å². The summed E-state index contributed by atoms with van der Waals surface area (Å²) in [5.41, 5.74) is 7.78. The van der Waals surface area contributed by atoms with Crippen LogP contribution in [-0.2, 0) is 6.42 Å². The predicted molar refractivity (Wildman–Crippen MR) is 133 cm³/mol. The highest BCUT2D eigenvalue weighted by Gasteiger charge is 1.99. The second-order valence-corrected chi connectivity index (χ2v) is 7.46. The molecule has 0 aromatic heterocycles. The number of hydrogen-bond donors (Lipinski definition) is 0. The Hall–Kier alpha value is -3.90. The molecular formula is C31H26. The van der Waals surface area contributed by atoms with E-state index in [1.54, 1.807) is 0 Å². The van der Waals surface area contributed by atoms with Crippen molar-refractivity contribution in [2.75, 3.05) is 0 Å². The van der Waals surface area contributed by atoms with E-state index in [1.807, 2.05) is 12.1 Å². The van der Waals surface area contributed by atoms with Gasteiger partial charge < -0.3 is 0 Å². The van der Waals surface area contributed by atoms with Gasteiger partial charge in [-0.25, -0.2) is 0 Å². The zero-order valence-electron chi connectivity index (χ0n) is 17.6. The molecule has 5 aromatic carbocycles. The van der Waals surface area contributed by atoms with E-state index in [0.717, 1.165) is 6.42 Å². The van der Waals surface area contributed by atoms with Crippen LogP contribution in [0.2, 0.25) is 0 Å². The van der Waals surface area contributed by atoms with Gasteiger partial charge in [0.1, 0.15) is 0 Å². The normalized spacial score (nSPS) is 10.1. The lowest BCUT2D eigenvalue weighted by Gasteiger charge is -2.04. The van der Waals surface area contributed by atoms with Crippen LogP contribution in [0.25, 0.3) is 22.3 Å². The first-order valence-corrected chi connectivity index (χ1v) is 10.7. The first-order chi connectivity index (χ1) is 15.4. The molecule has 0 heterocycles. The van der Waals surface area contributed by atoms with E-state index in [1.165, 1.54) is 33.4 Å². The van der Waals surface area contributed by atoms with Gasteiger partial charge in [0.25, 0.3) is 0 Å². The summed E-state index contributed by atoms with van der Waals surface area (Å²) in [5.74, 6) is 0. The van der Waals surface area contributed by atoms with Crippen molar-refractivity contribution < 1.29 is 0 Å². The van der Waals surface area contributed by atoms with Crippen molar-refractivity contribution in [3.05, 3.63) is 157 Å². The van der Waals surface area contributed by atoms with Gasteiger partial charge in [0.2, 0.25) is 0 Å². The van der Waals surface area contributed by atoms with Crippen LogP contribution in [0.15, 0.2) is 146 Å². The molecule has 0 aliphatic rings. The van der Waals surface area contributed by atoms with E-state index in [0.29, 0.717) is 0 Å². The largest absolute Gasteiger partial charge is 0.0622 e. The van der Waals surface area contributed by atoms with Gasteiger partial charge in [0.15, 0.2) is 0 Å². The maximum atomic E-state index is 2.18. The number of rotatable bonds is 4. The molecule has 0 N–H and O–H groups in total. The molecule has 0 amide bonds. The molecule has 5 rings (SSSR count). The van der Waals surface area contributed by atoms with Gasteiger partial charge in [-0.05, 0) is 39.8 Å². The Morgan fingerprint density at radius 2 is 0.516 bits per heavy atom. The number of hydrogen-bond acceptors (Lipinski definition) is 0. The third kappa shape index (κ3) is 6.04. The zero-order valence-corrected chi connectivity index (χ0v) is 17.6. The standard InChI is InChI=1S/C18H14.C13H12/c1-3-7-15(8-4-1)17-11-13-18(14-12-17)16-9-5-2-6-10-16;1-3-7-12(8-4-1)11-13-9-5-2-6-10-13/h1-14H;1-10H,11H2. The topological polar surface area (TPSA) is 0 Å². The summed E-state index contributed by atoms with van der Waals surface area (Å²) in [6.07, 6.45) is 1.03. The van der Waals surface area contributed by atoms with Crippen LogP contribution in [0.1, 0.15) is 11.1 Å². The van der Waals surface area contributed by atoms with Crippen molar-refractivity contribution in [3.8, 4) is 22.3 Å².